The molecule has 0 aromatic heterocycles. The van der Waals surface area contributed by atoms with E-state index >= 15 is 0 Å². The second kappa shape index (κ2) is 4.02. The van der Waals surface area contributed by atoms with Crippen molar-refractivity contribution in [1.82, 2.24) is 0 Å². The van der Waals surface area contributed by atoms with E-state index in [0.29, 0.717) is 11.7 Å². The monoisotopic (exact) mass is 158 g/mol. The molecule has 0 N–H and O–H groups in total. The van der Waals surface area contributed by atoms with E-state index in [0.717, 1.165) is 30.8 Å². The first kappa shape index (κ1) is 8.12. The summed E-state index contributed by atoms with van der Waals surface area (Å²) >= 11 is 1.93. The number of carbonyl (C=O) groups excluding carboxylic acids is 1. The molecular weight excluding hydrogens is 144 g/mol. The Bertz CT molecular complexity index is 120. The van der Waals surface area contributed by atoms with Crippen molar-refractivity contribution in [1.29, 1.82) is 0 Å². The van der Waals surface area contributed by atoms with E-state index in [1.165, 1.54) is 0 Å². The van der Waals surface area contributed by atoms with Crippen LogP contribution in [0.2, 0.25) is 0 Å². The van der Waals surface area contributed by atoms with E-state index < -0.39 is 0 Å². The van der Waals surface area contributed by atoms with Crippen molar-refractivity contribution in [2.45, 2.75) is 26.2 Å². The SMILES string of the molecule is CCC[C@@H]1CSCCC1=O. The molecule has 1 nitrogen and oxygen atoms in total. The van der Waals surface area contributed by atoms with Crippen LogP contribution >= 0.6 is 11.8 Å². The molecule has 0 aliphatic carbocycles. The largest absolute Gasteiger partial charge is 0.299 e. The van der Waals surface area contributed by atoms with Gasteiger partial charge in [-0.15, -0.1) is 0 Å². The predicted octanol–water partition coefficient (Wildman–Crippen LogP) is 2.11. The number of hydrogen-bond acceptors (Lipinski definition) is 2. The van der Waals surface area contributed by atoms with Gasteiger partial charge in [-0.2, -0.15) is 11.8 Å². The van der Waals surface area contributed by atoms with Crippen LogP contribution in [0.15, 0.2) is 0 Å². The predicted molar refractivity (Wildman–Crippen MR) is 45.3 cm³/mol. The zero-order valence-corrected chi connectivity index (χ0v) is 7.25. The molecule has 1 aliphatic heterocycles. The molecular formula is C8H14OS. The Kier molecular flexibility index (Phi) is 3.26. The van der Waals surface area contributed by atoms with Crippen molar-refractivity contribution < 1.29 is 4.79 Å². The van der Waals surface area contributed by atoms with Gasteiger partial charge in [0.2, 0.25) is 0 Å². The summed E-state index contributed by atoms with van der Waals surface area (Å²) in [5.74, 6) is 3.02. The average molecular weight is 158 g/mol. The fourth-order valence-corrected chi connectivity index (χ4v) is 2.44. The van der Waals surface area contributed by atoms with Crippen LogP contribution in [-0.2, 0) is 4.79 Å². The maximum atomic E-state index is 11.2. The lowest BCUT2D eigenvalue weighted by atomic mass is 9.99. The highest BCUT2D eigenvalue weighted by atomic mass is 32.2. The molecule has 1 rings (SSSR count). The number of thioether (sulfide) groups is 1. The van der Waals surface area contributed by atoms with E-state index in [4.69, 9.17) is 0 Å². The molecule has 0 amide bonds. The molecule has 10 heavy (non-hydrogen) atoms. The molecule has 1 saturated heterocycles. The Morgan fingerprint density at radius 3 is 3.10 bits per heavy atom. The summed E-state index contributed by atoms with van der Waals surface area (Å²) in [6.07, 6.45) is 3.07. The van der Waals surface area contributed by atoms with Crippen molar-refractivity contribution >= 4 is 17.5 Å². The second-order valence-corrected chi connectivity index (χ2v) is 3.93. The first-order chi connectivity index (χ1) is 4.84. The van der Waals surface area contributed by atoms with Gasteiger partial charge in [0, 0.05) is 23.8 Å². The lowest BCUT2D eigenvalue weighted by molar-refractivity contribution is -0.122. The minimum Gasteiger partial charge on any atom is -0.299 e. The van der Waals surface area contributed by atoms with E-state index in [2.05, 4.69) is 6.92 Å². The molecule has 0 radical (unpaired) electrons. The number of Topliss-reactive ketones (excluding diaryl/α,β-unsaturated/α-hetero) is 1. The lowest BCUT2D eigenvalue weighted by Gasteiger charge is -2.18. The van der Waals surface area contributed by atoms with Crippen LogP contribution in [-0.4, -0.2) is 17.3 Å². The first-order valence-corrected chi connectivity index (χ1v) is 5.10. The van der Waals surface area contributed by atoms with Gasteiger partial charge in [-0.05, 0) is 6.42 Å². The second-order valence-electron chi connectivity index (χ2n) is 2.78. The molecule has 0 saturated carbocycles. The van der Waals surface area contributed by atoms with Crippen molar-refractivity contribution in [3.63, 3.8) is 0 Å². The average Bonchev–Trinajstić information content (AvgIpc) is 1.94. The highest BCUT2D eigenvalue weighted by molar-refractivity contribution is 7.99. The van der Waals surface area contributed by atoms with Gasteiger partial charge in [-0.1, -0.05) is 13.3 Å². The third-order valence-electron chi connectivity index (χ3n) is 1.90. The number of carbonyl (C=O) groups is 1. The molecule has 0 aromatic carbocycles. The highest BCUT2D eigenvalue weighted by Gasteiger charge is 2.20. The minimum absolute atomic E-state index is 0.392. The highest BCUT2D eigenvalue weighted by Crippen LogP contribution is 2.22. The van der Waals surface area contributed by atoms with Crippen LogP contribution in [0.1, 0.15) is 26.2 Å². The number of ketones is 1. The summed E-state index contributed by atoms with van der Waals surface area (Å²) in [5.41, 5.74) is 0. The van der Waals surface area contributed by atoms with Crippen LogP contribution in [0.25, 0.3) is 0 Å². The summed E-state index contributed by atoms with van der Waals surface area (Å²) in [5, 5.41) is 0. The summed E-state index contributed by atoms with van der Waals surface area (Å²) in [7, 11) is 0. The van der Waals surface area contributed by atoms with Crippen LogP contribution < -0.4 is 0 Å². The molecule has 0 bridgehead atoms. The van der Waals surface area contributed by atoms with E-state index in [-0.39, 0.29) is 0 Å². The molecule has 0 unspecified atom stereocenters. The Morgan fingerprint density at radius 1 is 1.70 bits per heavy atom. The summed E-state index contributed by atoms with van der Waals surface area (Å²) in [4.78, 5) is 11.2. The van der Waals surface area contributed by atoms with Gasteiger partial charge in [-0.25, -0.2) is 0 Å². The van der Waals surface area contributed by atoms with Gasteiger partial charge < -0.3 is 0 Å². The molecule has 2 heteroatoms. The molecule has 1 atom stereocenters. The number of rotatable bonds is 2. The van der Waals surface area contributed by atoms with Gasteiger partial charge in [0.05, 0.1) is 0 Å². The molecule has 0 spiro atoms. The fraction of sp³-hybridized carbons (Fsp3) is 0.875. The summed E-state index contributed by atoms with van der Waals surface area (Å²) in [6, 6.07) is 0. The van der Waals surface area contributed by atoms with Crippen LogP contribution in [0, 0.1) is 5.92 Å². The minimum atomic E-state index is 0.392. The maximum Gasteiger partial charge on any atom is 0.137 e. The Hall–Kier alpha value is 0.0200. The van der Waals surface area contributed by atoms with Crippen LogP contribution in [0.4, 0.5) is 0 Å². The van der Waals surface area contributed by atoms with Crippen LogP contribution in [0.3, 0.4) is 0 Å². The smallest absolute Gasteiger partial charge is 0.137 e. The van der Waals surface area contributed by atoms with Gasteiger partial charge in [0.15, 0.2) is 0 Å². The normalized spacial score (nSPS) is 26.9. The third kappa shape index (κ3) is 2.01. The summed E-state index contributed by atoms with van der Waals surface area (Å²) in [6.45, 7) is 2.15. The Balaban J connectivity index is 2.32. The van der Waals surface area contributed by atoms with Crippen molar-refractivity contribution in [2.75, 3.05) is 11.5 Å². The zero-order chi connectivity index (χ0) is 7.40. The topological polar surface area (TPSA) is 17.1 Å². The van der Waals surface area contributed by atoms with Crippen LogP contribution in [0.5, 0.6) is 0 Å². The Morgan fingerprint density at radius 2 is 2.50 bits per heavy atom. The fourth-order valence-electron chi connectivity index (χ4n) is 1.29. The molecule has 1 heterocycles. The molecule has 0 aromatic rings. The Labute approximate surface area is 66.6 Å². The van der Waals surface area contributed by atoms with Crippen molar-refractivity contribution in [3.8, 4) is 0 Å². The zero-order valence-electron chi connectivity index (χ0n) is 6.43. The van der Waals surface area contributed by atoms with Crippen molar-refractivity contribution in [3.05, 3.63) is 0 Å². The van der Waals surface area contributed by atoms with Gasteiger partial charge >= 0.3 is 0 Å². The van der Waals surface area contributed by atoms with Gasteiger partial charge in [0.25, 0.3) is 0 Å². The first-order valence-electron chi connectivity index (χ1n) is 3.95. The van der Waals surface area contributed by atoms with E-state index in [1.807, 2.05) is 11.8 Å². The quantitative estimate of drug-likeness (QED) is 0.612. The van der Waals surface area contributed by atoms with Gasteiger partial charge in [-0.3, -0.25) is 4.79 Å². The molecule has 1 aliphatic rings. The summed E-state index contributed by atoms with van der Waals surface area (Å²) < 4.78 is 0. The van der Waals surface area contributed by atoms with E-state index in [9.17, 15) is 4.79 Å². The molecule has 1 fully saturated rings. The van der Waals surface area contributed by atoms with Gasteiger partial charge in [0.1, 0.15) is 5.78 Å². The van der Waals surface area contributed by atoms with Crippen molar-refractivity contribution in [2.24, 2.45) is 5.92 Å². The lowest BCUT2D eigenvalue weighted by Crippen LogP contribution is -2.22. The number of hydrogen-bond donors (Lipinski definition) is 0. The molecule has 58 valence electrons. The third-order valence-corrected chi connectivity index (χ3v) is 3.04. The van der Waals surface area contributed by atoms with E-state index in [1.54, 1.807) is 0 Å². The standard InChI is InChI=1S/C8H14OS/c1-2-3-7-6-10-5-4-8(7)9/h7H,2-6H2,1H3/t7-/m1/s1. The maximum absolute atomic E-state index is 11.2.